The fraction of sp³-hybridized carbons (Fsp3) is 0.250. The number of aliphatic hydroxyl groups is 2. The summed E-state index contributed by atoms with van der Waals surface area (Å²) in [5, 5.41) is 22.1. The Labute approximate surface area is 132 Å². The maximum atomic E-state index is 12.7. The first-order chi connectivity index (χ1) is 11.1. The van der Waals surface area contributed by atoms with E-state index in [2.05, 4.69) is 10.3 Å². The largest absolute Gasteiger partial charge is 0.445 e. The molecule has 1 aromatic heterocycles. The maximum Gasteiger partial charge on any atom is 0.407 e. The lowest BCUT2D eigenvalue weighted by Crippen LogP contribution is -2.35. The Bertz CT molecular complexity index is 622. The smallest absolute Gasteiger partial charge is 0.407 e. The molecule has 6 nitrogen and oxygen atoms in total. The lowest BCUT2D eigenvalue weighted by molar-refractivity contribution is 0.0181. The summed E-state index contributed by atoms with van der Waals surface area (Å²) < 4.78 is 17.7. The molecule has 2 atom stereocenters. The van der Waals surface area contributed by atoms with Crippen LogP contribution in [-0.2, 0) is 11.3 Å². The fourth-order valence-electron chi connectivity index (χ4n) is 1.86. The molecule has 0 aliphatic rings. The zero-order valence-corrected chi connectivity index (χ0v) is 12.2. The van der Waals surface area contributed by atoms with Gasteiger partial charge in [0.2, 0.25) is 5.95 Å². The summed E-state index contributed by atoms with van der Waals surface area (Å²) in [5.41, 5.74) is 1.08. The molecule has 3 N–H and O–H groups in total. The second kappa shape index (κ2) is 8.21. The van der Waals surface area contributed by atoms with E-state index in [1.54, 1.807) is 0 Å². The van der Waals surface area contributed by atoms with Crippen molar-refractivity contribution in [2.45, 2.75) is 18.8 Å². The molecule has 0 saturated heterocycles. The Morgan fingerprint density at radius 1 is 1.22 bits per heavy atom. The van der Waals surface area contributed by atoms with Gasteiger partial charge in [0.15, 0.2) is 0 Å². The highest BCUT2D eigenvalue weighted by Crippen LogP contribution is 2.15. The van der Waals surface area contributed by atoms with Crippen molar-refractivity contribution in [1.29, 1.82) is 0 Å². The molecule has 2 unspecified atom stereocenters. The molecule has 0 radical (unpaired) electrons. The molecule has 0 aliphatic heterocycles. The van der Waals surface area contributed by atoms with Gasteiger partial charge in [-0.15, -0.1) is 0 Å². The quantitative estimate of drug-likeness (QED) is 0.702. The molecule has 0 saturated carbocycles. The maximum absolute atomic E-state index is 12.7. The van der Waals surface area contributed by atoms with E-state index in [4.69, 9.17) is 4.74 Å². The van der Waals surface area contributed by atoms with E-state index >= 15 is 0 Å². The number of hydrogen-bond donors (Lipinski definition) is 3. The second-order valence-corrected chi connectivity index (χ2v) is 4.87. The van der Waals surface area contributed by atoms with Gasteiger partial charge in [0.05, 0.1) is 0 Å². The first-order valence-corrected chi connectivity index (χ1v) is 6.98. The van der Waals surface area contributed by atoms with Crippen LogP contribution in [-0.4, -0.2) is 33.9 Å². The first-order valence-electron chi connectivity index (χ1n) is 6.98. The van der Waals surface area contributed by atoms with Crippen molar-refractivity contribution in [3.05, 3.63) is 65.7 Å². The fourth-order valence-corrected chi connectivity index (χ4v) is 1.86. The highest BCUT2D eigenvalue weighted by atomic mass is 19.1. The molecular formula is C16H17FN2O4. The van der Waals surface area contributed by atoms with Gasteiger partial charge in [-0.05, 0) is 11.6 Å². The topological polar surface area (TPSA) is 91.7 Å². The van der Waals surface area contributed by atoms with Crippen LogP contribution in [0.4, 0.5) is 9.18 Å². The van der Waals surface area contributed by atoms with E-state index in [1.807, 2.05) is 30.3 Å². The molecule has 0 fully saturated rings. The average molecular weight is 320 g/mol. The van der Waals surface area contributed by atoms with E-state index in [1.165, 1.54) is 6.07 Å². The molecule has 0 bridgehead atoms. The number of halogens is 1. The van der Waals surface area contributed by atoms with Gasteiger partial charge < -0.3 is 20.3 Å². The van der Waals surface area contributed by atoms with Crippen molar-refractivity contribution >= 4 is 6.09 Å². The third kappa shape index (κ3) is 5.32. The van der Waals surface area contributed by atoms with Gasteiger partial charge in [-0.3, -0.25) is 0 Å². The van der Waals surface area contributed by atoms with Crippen molar-refractivity contribution < 1.29 is 24.1 Å². The molecule has 7 heteroatoms. The molecular weight excluding hydrogens is 303 g/mol. The number of nitrogens with one attached hydrogen (secondary N) is 1. The molecule has 1 heterocycles. The number of alkyl carbamates (subject to hydrolysis) is 1. The van der Waals surface area contributed by atoms with E-state index in [0.717, 1.165) is 17.8 Å². The molecule has 1 amide bonds. The van der Waals surface area contributed by atoms with Crippen molar-refractivity contribution in [3.8, 4) is 0 Å². The van der Waals surface area contributed by atoms with Crippen LogP contribution < -0.4 is 5.32 Å². The number of rotatable bonds is 6. The number of ether oxygens (including phenoxy) is 1. The van der Waals surface area contributed by atoms with Crippen LogP contribution in [0, 0.1) is 5.95 Å². The third-order valence-corrected chi connectivity index (χ3v) is 3.12. The predicted molar refractivity (Wildman–Crippen MR) is 79.8 cm³/mol. The summed E-state index contributed by atoms with van der Waals surface area (Å²) in [7, 11) is 0. The lowest BCUT2D eigenvalue weighted by atomic mass is 10.1. The highest BCUT2D eigenvalue weighted by Gasteiger charge is 2.19. The number of carbonyl (C=O) groups excluding carboxylic acids is 1. The van der Waals surface area contributed by atoms with Gasteiger partial charge in [0.25, 0.3) is 0 Å². The monoisotopic (exact) mass is 320 g/mol. The molecule has 0 spiro atoms. The summed E-state index contributed by atoms with van der Waals surface area (Å²) in [6.07, 6.45) is -2.15. The normalized spacial score (nSPS) is 13.2. The lowest BCUT2D eigenvalue weighted by Gasteiger charge is -2.18. The van der Waals surface area contributed by atoms with E-state index in [0.29, 0.717) is 0 Å². The summed E-state index contributed by atoms with van der Waals surface area (Å²) in [6.45, 7) is -0.112. The first kappa shape index (κ1) is 16.9. The van der Waals surface area contributed by atoms with Crippen LogP contribution in [0.2, 0.25) is 0 Å². The van der Waals surface area contributed by atoms with Gasteiger partial charge in [-0.1, -0.05) is 36.4 Å². The number of hydrogen-bond acceptors (Lipinski definition) is 5. The summed E-state index contributed by atoms with van der Waals surface area (Å²) >= 11 is 0. The Kier molecular flexibility index (Phi) is 6.02. The van der Waals surface area contributed by atoms with Gasteiger partial charge in [0, 0.05) is 18.3 Å². The second-order valence-electron chi connectivity index (χ2n) is 4.87. The minimum atomic E-state index is -1.29. The number of amides is 1. The van der Waals surface area contributed by atoms with Crippen molar-refractivity contribution in [2.75, 3.05) is 6.54 Å². The van der Waals surface area contributed by atoms with Gasteiger partial charge >= 0.3 is 6.09 Å². The van der Waals surface area contributed by atoms with Crippen LogP contribution >= 0.6 is 0 Å². The van der Waals surface area contributed by atoms with Gasteiger partial charge in [-0.2, -0.15) is 4.39 Å². The van der Waals surface area contributed by atoms with Crippen LogP contribution in [0.15, 0.2) is 48.7 Å². The number of aliphatic hydroxyl groups excluding tert-OH is 2. The van der Waals surface area contributed by atoms with Crippen LogP contribution in [0.25, 0.3) is 0 Å². The minimum Gasteiger partial charge on any atom is -0.445 e. The van der Waals surface area contributed by atoms with Crippen LogP contribution in [0.1, 0.15) is 17.2 Å². The van der Waals surface area contributed by atoms with Gasteiger partial charge in [-0.25, -0.2) is 9.78 Å². The van der Waals surface area contributed by atoms with E-state index in [9.17, 15) is 19.4 Å². The summed E-state index contributed by atoms with van der Waals surface area (Å²) in [6, 6.07) is 11.5. The number of pyridine rings is 1. The molecule has 23 heavy (non-hydrogen) atoms. The Morgan fingerprint density at radius 2 is 1.96 bits per heavy atom. The molecule has 2 aromatic rings. The Hall–Kier alpha value is -2.51. The third-order valence-electron chi connectivity index (χ3n) is 3.12. The highest BCUT2D eigenvalue weighted by molar-refractivity contribution is 5.67. The zero-order chi connectivity index (χ0) is 16.7. The van der Waals surface area contributed by atoms with Gasteiger partial charge in [0.1, 0.15) is 18.8 Å². The van der Waals surface area contributed by atoms with Crippen LogP contribution in [0.3, 0.4) is 0 Å². The Balaban J connectivity index is 1.75. The molecule has 122 valence electrons. The van der Waals surface area contributed by atoms with Crippen molar-refractivity contribution in [3.63, 3.8) is 0 Å². The Morgan fingerprint density at radius 3 is 2.61 bits per heavy atom. The molecule has 0 aliphatic carbocycles. The molecule has 1 aromatic carbocycles. The minimum absolute atomic E-state index is 0.104. The van der Waals surface area contributed by atoms with Crippen molar-refractivity contribution in [2.24, 2.45) is 0 Å². The zero-order valence-electron chi connectivity index (χ0n) is 12.2. The number of nitrogens with zero attached hydrogens (tertiary/aromatic N) is 1. The molecule has 2 rings (SSSR count). The van der Waals surface area contributed by atoms with E-state index < -0.39 is 24.2 Å². The SMILES string of the molecule is O=C(NCC(O)C(O)c1ccc(F)nc1)OCc1ccccc1. The van der Waals surface area contributed by atoms with Crippen molar-refractivity contribution in [1.82, 2.24) is 10.3 Å². The number of benzene rings is 1. The predicted octanol–water partition coefficient (Wildman–Crippen LogP) is 1.54. The van der Waals surface area contributed by atoms with Crippen LogP contribution in [0.5, 0.6) is 0 Å². The summed E-state index contributed by atoms with van der Waals surface area (Å²) in [5.74, 6) is -0.682. The standard InChI is InChI=1S/C16H17FN2O4/c17-14-7-6-12(8-18-14)15(21)13(20)9-19-16(22)23-10-11-4-2-1-3-5-11/h1-8,13,15,20-21H,9-10H2,(H,19,22). The summed E-state index contributed by atoms with van der Waals surface area (Å²) in [4.78, 5) is 14.9. The van der Waals surface area contributed by atoms with E-state index in [-0.39, 0.29) is 18.7 Å². The number of carbonyl (C=O) groups is 1. The number of aromatic nitrogens is 1. The average Bonchev–Trinajstić information content (AvgIpc) is 2.58.